The highest BCUT2D eigenvalue weighted by atomic mass is 79.9. The minimum atomic E-state index is 0.893. The highest BCUT2D eigenvalue weighted by Gasteiger charge is 1.98. The van der Waals surface area contributed by atoms with Gasteiger partial charge in [0.15, 0.2) is 0 Å². The van der Waals surface area contributed by atoms with Gasteiger partial charge in [-0.15, -0.1) is 11.3 Å². The van der Waals surface area contributed by atoms with Crippen LogP contribution in [0.15, 0.2) is 40.2 Å². The smallest absolute Gasteiger partial charge is 0.0702 e. The van der Waals surface area contributed by atoms with Gasteiger partial charge < -0.3 is 5.32 Å². The average Bonchev–Trinajstić information content (AvgIpc) is 2.81. The van der Waals surface area contributed by atoms with Crippen molar-refractivity contribution in [1.82, 2.24) is 0 Å². The summed E-state index contributed by atoms with van der Waals surface area (Å²) in [7, 11) is 0. The number of thiophene rings is 1. The molecule has 0 unspecified atom stereocenters. The normalized spacial score (nSPS) is 10.6. The molecule has 0 radical (unpaired) electrons. The third-order valence-corrected chi connectivity index (χ3v) is 4.49. The van der Waals surface area contributed by atoms with Crippen LogP contribution in [0.25, 0.3) is 0 Å². The van der Waals surface area contributed by atoms with Crippen LogP contribution in [0.1, 0.15) is 30.2 Å². The molecule has 0 aliphatic carbocycles. The van der Waals surface area contributed by atoms with Crippen LogP contribution < -0.4 is 5.32 Å². The first-order valence-electron chi connectivity index (χ1n) is 6.35. The standard InChI is InChI=1S/C15H18BrNS/c1-2-3-4-12-5-7-13(8-6-12)17-11-14-9-10-15(16)18-14/h5-10,17H,2-4,11H2,1H3. The number of nitrogens with one attached hydrogen (secondary N) is 1. The predicted molar refractivity (Wildman–Crippen MR) is 84.4 cm³/mol. The third kappa shape index (κ3) is 4.14. The van der Waals surface area contributed by atoms with Gasteiger partial charge in [-0.1, -0.05) is 25.5 Å². The number of unbranched alkanes of at least 4 members (excludes halogenated alkanes) is 1. The van der Waals surface area contributed by atoms with Crippen molar-refractivity contribution in [3.63, 3.8) is 0 Å². The molecule has 0 spiro atoms. The molecule has 0 aliphatic heterocycles. The SMILES string of the molecule is CCCCc1ccc(NCc2ccc(Br)s2)cc1. The van der Waals surface area contributed by atoms with Crippen LogP contribution in [0.5, 0.6) is 0 Å². The summed E-state index contributed by atoms with van der Waals surface area (Å²) >= 11 is 5.26. The van der Waals surface area contributed by atoms with Crippen LogP contribution in [0.4, 0.5) is 5.69 Å². The van der Waals surface area contributed by atoms with Crippen molar-refractivity contribution in [3.8, 4) is 0 Å². The van der Waals surface area contributed by atoms with Crippen LogP contribution in [-0.4, -0.2) is 0 Å². The van der Waals surface area contributed by atoms with Gasteiger partial charge in [0.1, 0.15) is 0 Å². The van der Waals surface area contributed by atoms with E-state index < -0.39 is 0 Å². The van der Waals surface area contributed by atoms with E-state index in [1.54, 1.807) is 11.3 Å². The number of hydrogen-bond donors (Lipinski definition) is 1. The molecule has 1 aromatic heterocycles. The van der Waals surface area contributed by atoms with Gasteiger partial charge in [0.25, 0.3) is 0 Å². The van der Waals surface area contributed by atoms with E-state index in [1.165, 1.54) is 39.2 Å². The zero-order valence-electron chi connectivity index (χ0n) is 10.6. The van der Waals surface area contributed by atoms with Gasteiger partial charge in [0, 0.05) is 17.1 Å². The number of aryl methyl sites for hydroxylation is 1. The van der Waals surface area contributed by atoms with Crippen molar-refractivity contribution >= 4 is 33.0 Å². The second-order valence-corrected chi connectivity index (χ2v) is 6.91. The molecule has 1 N–H and O–H groups in total. The van der Waals surface area contributed by atoms with E-state index in [9.17, 15) is 0 Å². The molecule has 0 atom stereocenters. The lowest BCUT2D eigenvalue weighted by molar-refractivity contribution is 0.795. The van der Waals surface area contributed by atoms with Gasteiger partial charge >= 0.3 is 0 Å². The Morgan fingerprint density at radius 3 is 2.50 bits per heavy atom. The first-order valence-corrected chi connectivity index (χ1v) is 7.96. The zero-order valence-corrected chi connectivity index (χ0v) is 13.0. The summed E-state index contributed by atoms with van der Waals surface area (Å²) < 4.78 is 1.19. The van der Waals surface area contributed by atoms with E-state index in [-0.39, 0.29) is 0 Å². The van der Waals surface area contributed by atoms with Crippen LogP contribution in [0.2, 0.25) is 0 Å². The molecule has 18 heavy (non-hydrogen) atoms. The minimum Gasteiger partial charge on any atom is -0.380 e. The third-order valence-electron chi connectivity index (χ3n) is 2.87. The van der Waals surface area contributed by atoms with Crippen LogP contribution in [0.3, 0.4) is 0 Å². The van der Waals surface area contributed by atoms with Gasteiger partial charge in [0.05, 0.1) is 3.79 Å². The highest BCUT2D eigenvalue weighted by Crippen LogP contribution is 2.23. The second-order valence-electron chi connectivity index (χ2n) is 4.36. The molecule has 0 aliphatic rings. The maximum atomic E-state index is 3.48. The molecule has 1 nitrogen and oxygen atoms in total. The monoisotopic (exact) mass is 323 g/mol. The average molecular weight is 324 g/mol. The molecule has 0 fully saturated rings. The van der Waals surface area contributed by atoms with Gasteiger partial charge in [-0.25, -0.2) is 0 Å². The van der Waals surface area contributed by atoms with E-state index in [0.29, 0.717) is 0 Å². The molecular formula is C15H18BrNS. The quantitative estimate of drug-likeness (QED) is 0.743. The predicted octanol–water partition coefficient (Wildman–Crippen LogP) is 5.47. The van der Waals surface area contributed by atoms with E-state index in [1.807, 2.05) is 0 Å². The summed E-state index contributed by atoms with van der Waals surface area (Å²) in [6.45, 7) is 3.12. The summed E-state index contributed by atoms with van der Waals surface area (Å²) in [4.78, 5) is 1.34. The molecule has 2 aromatic rings. The Balaban J connectivity index is 1.86. The Bertz CT molecular complexity index is 475. The molecule has 2 rings (SSSR count). The lowest BCUT2D eigenvalue weighted by Gasteiger charge is -2.06. The summed E-state index contributed by atoms with van der Waals surface area (Å²) in [6.07, 6.45) is 3.72. The van der Waals surface area contributed by atoms with Gasteiger partial charge in [-0.3, -0.25) is 0 Å². The number of rotatable bonds is 6. The first-order chi connectivity index (χ1) is 8.78. The Morgan fingerprint density at radius 1 is 1.11 bits per heavy atom. The highest BCUT2D eigenvalue weighted by molar-refractivity contribution is 9.11. The Kier molecular flexibility index (Phi) is 5.26. The summed E-state index contributed by atoms with van der Waals surface area (Å²) in [5.74, 6) is 0. The van der Waals surface area contributed by atoms with E-state index >= 15 is 0 Å². The molecule has 0 amide bonds. The maximum absolute atomic E-state index is 3.48. The molecule has 3 heteroatoms. The second kappa shape index (κ2) is 6.95. The van der Waals surface area contributed by atoms with E-state index in [0.717, 1.165) is 6.54 Å². The lowest BCUT2D eigenvalue weighted by atomic mass is 10.1. The lowest BCUT2D eigenvalue weighted by Crippen LogP contribution is -1.97. The first kappa shape index (κ1) is 13.6. The van der Waals surface area contributed by atoms with Crippen molar-refractivity contribution in [3.05, 3.63) is 50.6 Å². The molecule has 0 saturated heterocycles. The fourth-order valence-corrected chi connectivity index (χ4v) is 3.23. The Morgan fingerprint density at radius 2 is 1.89 bits per heavy atom. The number of anilines is 1. The summed E-state index contributed by atoms with van der Waals surface area (Å²) in [6, 6.07) is 13.0. The topological polar surface area (TPSA) is 12.0 Å². The Hall–Kier alpha value is -0.800. The summed E-state index contributed by atoms with van der Waals surface area (Å²) in [5, 5.41) is 3.45. The van der Waals surface area contributed by atoms with Gasteiger partial charge in [-0.2, -0.15) is 0 Å². The molecular weight excluding hydrogens is 306 g/mol. The zero-order chi connectivity index (χ0) is 12.8. The molecule has 1 aromatic carbocycles. The fourth-order valence-electron chi connectivity index (χ4n) is 1.81. The fraction of sp³-hybridized carbons (Fsp3) is 0.333. The van der Waals surface area contributed by atoms with Crippen LogP contribution in [-0.2, 0) is 13.0 Å². The van der Waals surface area contributed by atoms with Crippen molar-refractivity contribution < 1.29 is 0 Å². The molecule has 0 saturated carbocycles. The van der Waals surface area contributed by atoms with Gasteiger partial charge in [-0.05, 0) is 58.6 Å². The number of halogens is 1. The largest absolute Gasteiger partial charge is 0.380 e. The van der Waals surface area contributed by atoms with Crippen molar-refractivity contribution in [1.29, 1.82) is 0 Å². The van der Waals surface area contributed by atoms with Crippen LogP contribution >= 0.6 is 27.3 Å². The van der Waals surface area contributed by atoms with Crippen molar-refractivity contribution in [2.45, 2.75) is 32.7 Å². The number of benzene rings is 1. The van der Waals surface area contributed by atoms with Crippen molar-refractivity contribution in [2.24, 2.45) is 0 Å². The Labute approximate surface area is 121 Å². The van der Waals surface area contributed by atoms with E-state index in [4.69, 9.17) is 0 Å². The van der Waals surface area contributed by atoms with Crippen molar-refractivity contribution in [2.75, 3.05) is 5.32 Å². The maximum Gasteiger partial charge on any atom is 0.0702 e. The van der Waals surface area contributed by atoms with E-state index in [2.05, 4.69) is 64.6 Å². The summed E-state index contributed by atoms with van der Waals surface area (Å²) in [5.41, 5.74) is 2.63. The molecule has 0 bridgehead atoms. The molecule has 1 heterocycles. The van der Waals surface area contributed by atoms with Gasteiger partial charge in [0.2, 0.25) is 0 Å². The molecule has 96 valence electrons. The number of hydrogen-bond acceptors (Lipinski definition) is 2. The van der Waals surface area contributed by atoms with Crippen LogP contribution in [0, 0.1) is 0 Å². The minimum absolute atomic E-state index is 0.893.